The Balaban J connectivity index is 2.09. The van der Waals surface area contributed by atoms with Gasteiger partial charge in [0.05, 0.1) is 0 Å². The van der Waals surface area contributed by atoms with Gasteiger partial charge in [0, 0.05) is 13.1 Å². The van der Waals surface area contributed by atoms with Crippen molar-refractivity contribution in [1.29, 1.82) is 0 Å². The molecule has 1 aliphatic rings. The fourth-order valence-electron chi connectivity index (χ4n) is 2.04. The zero-order valence-electron chi connectivity index (χ0n) is 8.69. The van der Waals surface area contributed by atoms with Crippen molar-refractivity contribution < 1.29 is 0 Å². The molecule has 3 nitrogen and oxygen atoms in total. The van der Waals surface area contributed by atoms with Crippen molar-refractivity contribution in [3.8, 4) is 0 Å². The second kappa shape index (κ2) is 4.94. The number of pyridine rings is 1. The molecular formula is C11H16BrN3. The van der Waals surface area contributed by atoms with Gasteiger partial charge in [0.25, 0.3) is 0 Å². The van der Waals surface area contributed by atoms with E-state index in [4.69, 9.17) is 5.73 Å². The summed E-state index contributed by atoms with van der Waals surface area (Å²) in [4.78, 5) is 6.79. The molecule has 1 fully saturated rings. The highest BCUT2D eigenvalue weighted by Crippen LogP contribution is 2.22. The molecule has 2 N–H and O–H groups in total. The van der Waals surface area contributed by atoms with Crippen LogP contribution in [0.15, 0.2) is 22.8 Å². The molecule has 0 bridgehead atoms. The summed E-state index contributed by atoms with van der Waals surface area (Å²) in [7, 11) is 0. The van der Waals surface area contributed by atoms with Crippen LogP contribution in [0, 0.1) is 5.92 Å². The Bertz CT molecular complexity index is 329. The van der Waals surface area contributed by atoms with Gasteiger partial charge in [0.1, 0.15) is 10.4 Å². The SMILES string of the molecule is NC[C@@H]1CCCN(c2cccc(Br)n2)C1. The van der Waals surface area contributed by atoms with Gasteiger partial charge in [-0.1, -0.05) is 6.07 Å². The van der Waals surface area contributed by atoms with E-state index >= 15 is 0 Å². The molecular weight excluding hydrogens is 254 g/mol. The zero-order chi connectivity index (χ0) is 10.7. The first-order chi connectivity index (χ1) is 7.29. The minimum absolute atomic E-state index is 0.625. The van der Waals surface area contributed by atoms with E-state index in [0.717, 1.165) is 30.1 Å². The first kappa shape index (κ1) is 10.9. The van der Waals surface area contributed by atoms with Gasteiger partial charge in [-0.3, -0.25) is 0 Å². The predicted molar refractivity (Wildman–Crippen MR) is 65.9 cm³/mol. The van der Waals surface area contributed by atoms with E-state index in [-0.39, 0.29) is 0 Å². The van der Waals surface area contributed by atoms with Crippen LogP contribution in [-0.4, -0.2) is 24.6 Å². The molecule has 0 aromatic carbocycles. The molecule has 2 rings (SSSR count). The van der Waals surface area contributed by atoms with Gasteiger partial charge in [-0.2, -0.15) is 0 Å². The van der Waals surface area contributed by atoms with Gasteiger partial charge in [-0.05, 0) is 53.4 Å². The fraction of sp³-hybridized carbons (Fsp3) is 0.545. The van der Waals surface area contributed by atoms with Crippen LogP contribution in [0.4, 0.5) is 5.82 Å². The summed E-state index contributed by atoms with van der Waals surface area (Å²) < 4.78 is 0.898. The molecule has 0 spiro atoms. The summed E-state index contributed by atoms with van der Waals surface area (Å²) in [6, 6.07) is 6.04. The van der Waals surface area contributed by atoms with Gasteiger partial charge in [0.2, 0.25) is 0 Å². The van der Waals surface area contributed by atoms with Gasteiger partial charge < -0.3 is 10.6 Å². The highest BCUT2D eigenvalue weighted by molar-refractivity contribution is 9.10. The average molecular weight is 270 g/mol. The summed E-state index contributed by atoms with van der Waals surface area (Å²) in [6.45, 7) is 2.92. The Kier molecular flexibility index (Phi) is 3.59. The lowest BCUT2D eigenvalue weighted by atomic mass is 9.98. The zero-order valence-corrected chi connectivity index (χ0v) is 10.3. The largest absolute Gasteiger partial charge is 0.356 e. The van der Waals surface area contributed by atoms with Crippen LogP contribution < -0.4 is 10.6 Å². The average Bonchev–Trinajstić information content (AvgIpc) is 2.29. The predicted octanol–water partition coefficient (Wildman–Crippen LogP) is 2.02. The molecule has 0 aliphatic carbocycles. The lowest BCUT2D eigenvalue weighted by Gasteiger charge is -2.33. The van der Waals surface area contributed by atoms with Crippen LogP contribution in [0.5, 0.6) is 0 Å². The number of hydrogen-bond donors (Lipinski definition) is 1. The highest BCUT2D eigenvalue weighted by Gasteiger charge is 2.19. The van der Waals surface area contributed by atoms with Crippen LogP contribution in [0.25, 0.3) is 0 Å². The molecule has 1 aliphatic heterocycles. The Morgan fingerprint density at radius 2 is 2.40 bits per heavy atom. The topological polar surface area (TPSA) is 42.1 Å². The number of hydrogen-bond acceptors (Lipinski definition) is 3. The van der Waals surface area contributed by atoms with Gasteiger partial charge in [-0.15, -0.1) is 0 Å². The number of halogens is 1. The summed E-state index contributed by atoms with van der Waals surface area (Å²) in [6.07, 6.45) is 2.47. The molecule has 82 valence electrons. The molecule has 0 saturated carbocycles. The van der Waals surface area contributed by atoms with E-state index < -0.39 is 0 Å². The van der Waals surface area contributed by atoms with Crippen molar-refractivity contribution in [3.63, 3.8) is 0 Å². The quantitative estimate of drug-likeness (QED) is 0.836. The number of nitrogens with two attached hydrogens (primary N) is 1. The Hall–Kier alpha value is -0.610. The van der Waals surface area contributed by atoms with Crippen molar-refractivity contribution in [3.05, 3.63) is 22.8 Å². The normalized spacial score (nSPS) is 21.7. The maximum Gasteiger partial charge on any atom is 0.129 e. The third-order valence-corrected chi connectivity index (χ3v) is 3.32. The Labute approximate surface area is 98.8 Å². The van der Waals surface area contributed by atoms with E-state index in [1.54, 1.807) is 0 Å². The maximum atomic E-state index is 5.72. The maximum absolute atomic E-state index is 5.72. The lowest BCUT2D eigenvalue weighted by molar-refractivity contribution is 0.421. The fourth-order valence-corrected chi connectivity index (χ4v) is 2.37. The van der Waals surface area contributed by atoms with Crippen LogP contribution >= 0.6 is 15.9 Å². The molecule has 1 saturated heterocycles. The van der Waals surface area contributed by atoms with E-state index in [1.807, 2.05) is 12.1 Å². The Morgan fingerprint density at radius 3 is 3.13 bits per heavy atom. The first-order valence-electron chi connectivity index (χ1n) is 5.37. The number of aromatic nitrogens is 1. The van der Waals surface area contributed by atoms with E-state index in [9.17, 15) is 0 Å². The first-order valence-corrected chi connectivity index (χ1v) is 6.16. The Morgan fingerprint density at radius 1 is 1.53 bits per heavy atom. The third-order valence-electron chi connectivity index (χ3n) is 2.88. The van der Waals surface area contributed by atoms with Crippen molar-refractivity contribution >= 4 is 21.7 Å². The molecule has 2 heterocycles. The molecule has 1 aromatic heterocycles. The molecule has 0 unspecified atom stereocenters. The smallest absolute Gasteiger partial charge is 0.129 e. The molecule has 1 atom stereocenters. The van der Waals surface area contributed by atoms with Crippen LogP contribution in [-0.2, 0) is 0 Å². The molecule has 0 radical (unpaired) electrons. The number of rotatable bonds is 2. The van der Waals surface area contributed by atoms with Crippen molar-refractivity contribution in [2.45, 2.75) is 12.8 Å². The number of anilines is 1. The summed E-state index contributed by atoms with van der Waals surface area (Å²) in [5.41, 5.74) is 5.72. The number of nitrogens with zero attached hydrogens (tertiary/aromatic N) is 2. The second-order valence-electron chi connectivity index (χ2n) is 4.01. The summed E-state index contributed by atoms with van der Waals surface area (Å²) in [5.74, 6) is 1.68. The van der Waals surface area contributed by atoms with E-state index in [2.05, 4.69) is 31.9 Å². The second-order valence-corrected chi connectivity index (χ2v) is 4.82. The molecule has 1 aromatic rings. The van der Waals surface area contributed by atoms with Crippen molar-refractivity contribution in [2.24, 2.45) is 11.7 Å². The minimum Gasteiger partial charge on any atom is -0.356 e. The standard InChI is InChI=1S/C11H16BrN3/c12-10-4-1-5-11(14-10)15-6-2-3-9(7-13)8-15/h1,4-5,9H,2-3,6-8,13H2/t9-/m0/s1. The minimum atomic E-state index is 0.625. The van der Waals surface area contributed by atoms with E-state index in [1.165, 1.54) is 12.8 Å². The third kappa shape index (κ3) is 2.69. The highest BCUT2D eigenvalue weighted by atomic mass is 79.9. The van der Waals surface area contributed by atoms with Crippen molar-refractivity contribution in [1.82, 2.24) is 4.98 Å². The van der Waals surface area contributed by atoms with E-state index in [0.29, 0.717) is 5.92 Å². The molecule has 0 amide bonds. The monoisotopic (exact) mass is 269 g/mol. The van der Waals surface area contributed by atoms with Crippen LogP contribution in [0.1, 0.15) is 12.8 Å². The molecule has 4 heteroatoms. The molecule has 15 heavy (non-hydrogen) atoms. The van der Waals surface area contributed by atoms with Crippen molar-refractivity contribution in [2.75, 3.05) is 24.5 Å². The van der Waals surface area contributed by atoms with Gasteiger partial charge in [-0.25, -0.2) is 4.98 Å². The summed E-state index contributed by atoms with van der Waals surface area (Å²) in [5, 5.41) is 0. The number of piperidine rings is 1. The summed E-state index contributed by atoms with van der Waals surface area (Å²) >= 11 is 3.40. The van der Waals surface area contributed by atoms with Crippen LogP contribution in [0.3, 0.4) is 0 Å². The lowest BCUT2D eigenvalue weighted by Crippen LogP contribution is -2.38. The van der Waals surface area contributed by atoms with Gasteiger partial charge in [0.15, 0.2) is 0 Å². The van der Waals surface area contributed by atoms with Gasteiger partial charge >= 0.3 is 0 Å². The van der Waals surface area contributed by atoms with Crippen LogP contribution in [0.2, 0.25) is 0 Å².